The molecule has 1 aromatic rings. The Kier molecular flexibility index (Phi) is 7.30. The number of rotatable bonds is 5. The summed E-state index contributed by atoms with van der Waals surface area (Å²) in [6.07, 6.45) is 6.12. The van der Waals surface area contributed by atoms with Gasteiger partial charge in [-0.05, 0) is 48.9 Å². The Morgan fingerprint density at radius 2 is 2.00 bits per heavy atom. The van der Waals surface area contributed by atoms with Gasteiger partial charge >= 0.3 is 0 Å². The molecule has 1 aliphatic rings. The van der Waals surface area contributed by atoms with Crippen LogP contribution in [-0.2, 0) is 11.3 Å². The van der Waals surface area contributed by atoms with E-state index in [1.165, 1.54) is 12.5 Å². The molecule has 1 amide bonds. The number of amides is 1. The number of nitrogens with one attached hydrogen (secondary N) is 1. The van der Waals surface area contributed by atoms with E-state index >= 15 is 0 Å². The molecule has 124 valence electrons. The molecule has 5 heteroatoms. The fourth-order valence-corrected chi connectivity index (χ4v) is 3.10. The van der Waals surface area contributed by atoms with Crippen molar-refractivity contribution in [3.05, 3.63) is 35.1 Å². The normalized spacial score (nSPS) is 16.7. The number of nitrogens with two attached hydrogens (primary N) is 1. The van der Waals surface area contributed by atoms with E-state index in [1.54, 1.807) is 13.0 Å². The Hall–Kier alpha value is -1.13. The Morgan fingerprint density at radius 1 is 1.32 bits per heavy atom. The van der Waals surface area contributed by atoms with E-state index in [-0.39, 0.29) is 29.5 Å². The van der Waals surface area contributed by atoms with Gasteiger partial charge in [0.25, 0.3) is 0 Å². The Morgan fingerprint density at radius 3 is 2.59 bits per heavy atom. The Labute approximate surface area is 138 Å². The zero-order valence-corrected chi connectivity index (χ0v) is 14.0. The lowest BCUT2D eigenvalue weighted by Crippen LogP contribution is -2.38. The van der Waals surface area contributed by atoms with Crippen LogP contribution >= 0.6 is 12.4 Å². The van der Waals surface area contributed by atoms with E-state index < -0.39 is 0 Å². The second-order valence-electron chi connectivity index (χ2n) is 6.30. The van der Waals surface area contributed by atoms with Crippen LogP contribution < -0.4 is 11.1 Å². The number of hydrogen-bond donors (Lipinski definition) is 2. The highest BCUT2D eigenvalue weighted by Crippen LogP contribution is 2.38. The van der Waals surface area contributed by atoms with Gasteiger partial charge in [-0.3, -0.25) is 4.79 Å². The maximum atomic E-state index is 13.5. The highest BCUT2D eigenvalue weighted by molar-refractivity contribution is 5.85. The number of carbonyl (C=O) groups is 1. The number of hydrogen-bond acceptors (Lipinski definition) is 2. The van der Waals surface area contributed by atoms with Gasteiger partial charge < -0.3 is 11.1 Å². The number of benzene rings is 1. The fourth-order valence-electron chi connectivity index (χ4n) is 3.10. The lowest BCUT2D eigenvalue weighted by molar-refractivity contribution is -0.124. The topological polar surface area (TPSA) is 55.1 Å². The molecule has 0 bridgehead atoms. The number of carbonyl (C=O) groups excluding carboxylic acids is 1. The first-order chi connectivity index (χ1) is 10.0. The maximum Gasteiger partial charge on any atom is 0.220 e. The summed E-state index contributed by atoms with van der Waals surface area (Å²) in [5.74, 6) is -0.212. The van der Waals surface area contributed by atoms with Crippen molar-refractivity contribution in [2.24, 2.45) is 11.1 Å². The van der Waals surface area contributed by atoms with Gasteiger partial charge in [0.05, 0.1) is 0 Å². The molecule has 3 nitrogen and oxygen atoms in total. The molecule has 0 atom stereocenters. The third-order valence-electron chi connectivity index (χ3n) is 4.61. The molecule has 0 heterocycles. The number of halogens is 2. The van der Waals surface area contributed by atoms with Gasteiger partial charge in [-0.2, -0.15) is 0 Å². The van der Waals surface area contributed by atoms with Crippen molar-refractivity contribution in [2.75, 3.05) is 6.54 Å². The van der Waals surface area contributed by atoms with E-state index in [0.717, 1.165) is 31.2 Å². The van der Waals surface area contributed by atoms with Crippen LogP contribution in [0.4, 0.5) is 4.39 Å². The van der Waals surface area contributed by atoms with Crippen molar-refractivity contribution in [2.45, 2.75) is 52.0 Å². The molecular formula is C17H26ClFN2O. The van der Waals surface area contributed by atoms with Crippen molar-refractivity contribution in [3.8, 4) is 0 Å². The van der Waals surface area contributed by atoms with Crippen LogP contribution in [0.1, 0.15) is 49.7 Å². The monoisotopic (exact) mass is 328 g/mol. The average molecular weight is 329 g/mol. The summed E-state index contributed by atoms with van der Waals surface area (Å²) in [5.41, 5.74) is 7.28. The van der Waals surface area contributed by atoms with Crippen LogP contribution in [0.25, 0.3) is 0 Å². The molecule has 0 radical (unpaired) electrons. The first kappa shape index (κ1) is 18.9. The van der Waals surface area contributed by atoms with Gasteiger partial charge in [0, 0.05) is 13.0 Å². The van der Waals surface area contributed by atoms with Gasteiger partial charge in [-0.15, -0.1) is 12.4 Å². The summed E-state index contributed by atoms with van der Waals surface area (Å²) in [6.45, 7) is 2.67. The summed E-state index contributed by atoms with van der Waals surface area (Å²) in [4.78, 5) is 12.1. The largest absolute Gasteiger partial charge is 0.352 e. The van der Waals surface area contributed by atoms with Gasteiger partial charge in [0.15, 0.2) is 0 Å². The van der Waals surface area contributed by atoms with Gasteiger partial charge in [-0.1, -0.05) is 31.4 Å². The van der Waals surface area contributed by atoms with Crippen LogP contribution in [0.3, 0.4) is 0 Å². The molecule has 0 saturated heterocycles. The third kappa shape index (κ3) is 4.96. The molecule has 0 unspecified atom stereocenters. The molecule has 3 N–H and O–H groups in total. The van der Waals surface area contributed by atoms with E-state index in [4.69, 9.17) is 5.73 Å². The highest BCUT2D eigenvalue weighted by Gasteiger charge is 2.32. The molecule has 2 rings (SSSR count). The molecule has 1 saturated carbocycles. The van der Waals surface area contributed by atoms with E-state index in [0.29, 0.717) is 25.1 Å². The first-order valence-electron chi connectivity index (χ1n) is 7.76. The minimum atomic E-state index is -0.229. The standard InChI is InChI=1S/C17H25FN2O.ClH/c1-13-5-6-14(9-15(13)18)11-20-16(21)10-17(12-19)7-3-2-4-8-17;/h5-6,9H,2-4,7-8,10-12,19H2,1H3,(H,20,21);1H. The van der Waals surface area contributed by atoms with Crippen molar-refractivity contribution >= 4 is 18.3 Å². The quantitative estimate of drug-likeness (QED) is 0.869. The van der Waals surface area contributed by atoms with Crippen LogP contribution in [0.15, 0.2) is 18.2 Å². The minimum Gasteiger partial charge on any atom is -0.352 e. The molecule has 0 aromatic heterocycles. The van der Waals surface area contributed by atoms with E-state index in [2.05, 4.69) is 5.32 Å². The molecule has 0 aliphatic heterocycles. The SMILES string of the molecule is Cc1ccc(CNC(=O)CC2(CN)CCCCC2)cc1F.Cl. The molecule has 1 aliphatic carbocycles. The summed E-state index contributed by atoms with van der Waals surface area (Å²) < 4.78 is 13.5. The summed E-state index contributed by atoms with van der Waals surface area (Å²) in [6, 6.07) is 5.06. The predicted octanol–water partition coefficient (Wildman–Crippen LogP) is 3.47. The van der Waals surface area contributed by atoms with Gasteiger partial charge in [0.2, 0.25) is 5.91 Å². The van der Waals surface area contributed by atoms with E-state index in [1.807, 2.05) is 6.07 Å². The van der Waals surface area contributed by atoms with Crippen molar-refractivity contribution in [1.29, 1.82) is 0 Å². The molecule has 1 aromatic carbocycles. The average Bonchev–Trinajstić information content (AvgIpc) is 2.49. The van der Waals surface area contributed by atoms with E-state index in [9.17, 15) is 9.18 Å². The second-order valence-corrected chi connectivity index (χ2v) is 6.30. The van der Waals surface area contributed by atoms with Crippen molar-refractivity contribution < 1.29 is 9.18 Å². The fraction of sp³-hybridized carbons (Fsp3) is 0.588. The zero-order valence-electron chi connectivity index (χ0n) is 13.2. The van der Waals surface area contributed by atoms with Crippen LogP contribution in [0.2, 0.25) is 0 Å². The third-order valence-corrected chi connectivity index (χ3v) is 4.61. The first-order valence-corrected chi connectivity index (χ1v) is 7.76. The molecule has 0 spiro atoms. The lowest BCUT2D eigenvalue weighted by Gasteiger charge is -2.35. The second kappa shape index (κ2) is 8.49. The molecular weight excluding hydrogens is 303 g/mol. The summed E-state index contributed by atoms with van der Waals surface area (Å²) in [5, 5.41) is 2.89. The number of aryl methyl sites for hydroxylation is 1. The Bertz CT molecular complexity index is 501. The van der Waals surface area contributed by atoms with Crippen LogP contribution in [0, 0.1) is 18.2 Å². The minimum absolute atomic E-state index is 0. The lowest BCUT2D eigenvalue weighted by atomic mass is 9.71. The van der Waals surface area contributed by atoms with Crippen molar-refractivity contribution in [1.82, 2.24) is 5.32 Å². The zero-order chi connectivity index (χ0) is 15.3. The molecule has 1 fully saturated rings. The van der Waals surface area contributed by atoms with Crippen LogP contribution in [-0.4, -0.2) is 12.5 Å². The smallest absolute Gasteiger partial charge is 0.220 e. The summed E-state index contributed by atoms with van der Waals surface area (Å²) in [7, 11) is 0. The Balaban J connectivity index is 0.00000242. The van der Waals surface area contributed by atoms with Gasteiger partial charge in [0.1, 0.15) is 5.82 Å². The summed E-state index contributed by atoms with van der Waals surface area (Å²) >= 11 is 0. The predicted molar refractivity (Wildman–Crippen MR) is 89.4 cm³/mol. The van der Waals surface area contributed by atoms with Crippen molar-refractivity contribution in [3.63, 3.8) is 0 Å². The molecule has 22 heavy (non-hydrogen) atoms. The van der Waals surface area contributed by atoms with Crippen LogP contribution in [0.5, 0.6) is 0 Å². The van der Waals surface area contributed by atoms with Gasteiger partial charge in [-0.25, -0.2) is 4.39 Å². The maximum absolute atomic E-state index is 13.5. The highest BCUT2D eigenvalue weighted by atomic mass is 35.5.